The molecule has 0 bridgehead atoms. The molecule has 3 N–H and O–H groups in total. The summed E-state index contributed by atoms with van der Waals surface area (Å²) in [5, 5.41) is 10.3. The molecule has 5 heterocycles. The molecule has 54 heavy (non-hydrogen) atoms. The molecule has 10 nitrogen and oxygen atoms in total. The van der Waals surface area contributed by atoms with E-state index in [9.17, 15) is 0 Å². The SMILES string of the molecule is CCOc1cc(CN2CCC(Nc3ncc(-c4ccccc4)cn3)CC2)cc2c1OC(C)(C)C=C2.c1ccc(-c2cnc(NC3CCNCC3)nc2)cc1. The van der Waals surface area contributed by atoms with Crippen LogP contribution < -0.4 is 25.4 Å². The van der Waals surface area contributed by atoms with E-state index in [2.05, 4.69) is 103 Å². The Kier molecular flexibility index (Phi) is 12.1. The molecule has 3 aliphatic rings. The van der Waals surface area contributed by atoms with E-state index in [1.54, 1.807) is 0 Å². The van der Waals surface area contributed by atoms with Crippen LogP contribution in [0, 0.1) is 0 Å². The number of nitrogens with one attached hydrogen (secondary N) is 3. The van der Waals surface area contributed by atoms with E-state index < -0.39 is 0 Å². The lowest BCUT2D eigenvalue weighted by Crippen LogP contribution is -2.39. The third-order valence-electron chi connectivity index (χ3n) is 9.99. The predicted octanol–water partition coefficient (Wildman–Crippen LogP) is 8.11. The molecule has 2 fully saturated rings. The average molecular weight is 725 g/mol. The van der Waals surface area contributed by atoms with Gasteiger partial charge in [0.2, 0.25) is 11.9 Å². The van der Waals surface area contributed by atoms with Crippen LogP contribution in [0.25, 0.3) is 28.3 Å². The van der Waals surface area contributed by atoms with Crippen LogP contribution in [0.1, 0.15) is 57.6 Å². The zero-order valence-electron chi connectivity index (χ0n) is 31.7. The highest BCUT2D eigenvalue weighted by Gasteiger charge is 2.26. The molecule has 10 heteroatoms. The minimum Gasteiger partial charge on any atom is -0.490 e. The summed E-state index contributed by atoms with van der Waals surface area (Å²) in [4.78, 5) is 20.4. The number of benzene rings is 3. The lowest BCUT2D eigenvalue weighted by Gasteiger charge is -2.33. The molecule has 3 aromatic carbocycles. The Morgan fingerprint density at radius 2 is 1.28 bits per heavy atom. The van der Waals surface area contributed by atoms with E-state index >= 15 is 0 Å². The van der Waals surface area contributed by atoms with Gasteiger partial charge in [-0.2, -0.15) is 0 Å². The first kappa shape index (κ1) is 37.0. The van der Waals surface area contributed by atoms with E-state index in [0.29, 0.717) is 24.6 Å². The molecule has 0 unspecified atom stereocenters. The van der Waals surface area contributed by atoms with Crippen molar-refractivity contribution in [1.82, 2.24) is 30.2 Å². The molecule has 8 rings (SSSR count). The van der Waals surface area contributed by atoms with Crippen LogP contribution in [0.15, 0.2) is 104 Å². The zero-order chi connectivity index (χ0) is 37.2. The number of rotatable bonds is 10. The fraction of sp³-hybridized carbons (Fsp3) is 0.364. The Morgan fingerprint density at radius 1 is 0.741 bits per heavy atom. The minimum absolute atomic E-state index is 0.319. The Balaban J connectivity index is 0.000000199. The van der Waals surface area contributed by atoms with Gasteiger partial charge >= 0.3 is 0 Å². The van der Waals surface area contributed by atoms with Crippen molar-refractivity contribution >= 4 is 18.0 Å². The monoisotopic (exact) mass is 724 g/mol. The van der Waals surface area contributed by atoms with Crippen molar-refractivity contribution in [2.24, 2.45) is 0 Å². The Morgan fingerprint density at radius 3 is 1.81 bits per heavy atom. The number of fused-ring (bicyclic) bond motifs is 1. The van der Waals surface area contributed by atoms with E-state index in [4.69, 9.17) is 9.47 Å². The van der Waals surface area contributed by atoms with Gasteiger partial charge < -0.3 is 25.4 Å². The number of piperidine rings is 2. The van der Waals surface area contributed by atoms with Crippen LogP contribution in [0.4, 0.5) is 11.9 Å². The summed E-state index contributed by atoms with van der Waals surface area (Å²) in [6.45, 7) is 11.9. The molecule has 0 aliphatic carbocycles. The van der Waals surface area contributed by atoms with Crippen molar-refractivity contribution in [3.05, 3.63) is 115 Å². The molecule has 0 radical (unpaired) electrons. The molecule has 5 aromatic rings. The number of anilines is 2. The minimum atomic E-state index is -0.319. The summed E-state index contributed by atoms with van der Waals surface area (Å²) in [7, 11) is 0. The van der Waals surface area contributed by atoms with Gasteiger partial charge in [0.1, 0.15) is 5.60 Å². The Bertz CT molecular complexity index is 1940. The van der Waals surface area contributed by atoms with Crippen LogP contribution >= 0.6 is 0 Å². The quantitative estimate of drug-likeness (QED) is 0.131. The van der Waals surface area contributed by atoms with Crippen molar-refractivity contribution in [3.63, 3.8) is 0 Å². The molecule has 0 amide bonds. The number of hydrogen-bond donors (Lipinski definition) is 3. The van der Waals surface area contributed by atoms with Crippen molar-refractivity contribution in [1.29, 1.82) is 0 Å². The molecular weight excluding hydrogens is 673 g/mol. The first-order chi connectivity index (χ1) is 26.4. The van der Waals surface area contributed by atoms with E-state index in [0.717, 1.165) is 104 Å². The van der Waals surface area contributed by atoms with Crippen LogP contribution in [0.2, 0.25) is 0 Å². The summed E-state index contributed by atoms with van der Waals surface area (Å²) in [6.07, 6.45) is 16.2. The number of nitrogens with zero attached hydrogens (tertiary/aromatic N) is 5. The average Bonchev–Trinajstić information content (AvgIpc) is 3.21. The summed E-state index contributed by atoms with van der Waals surface area (Å²) >= 11 is 0. The first-order valence-corrected chi connectivity index (χ1v) is 19.3. The molecule has 0 spiro atoms. The van der Waals surface area contributed by atoms with Gasteiger partial charge in [-0.1, -0.05) is 66.7 Å². The van der Waals surface area contributed by atoms with Gasteiger partial charge in [-0.25, -0.2) is 19.9 Å². The predicted molar refractivity (Wildman–Crippen MR) is 218 cm³/mol. The molecular formula is C44H52N8O2. The molecule has 0 atom stereocenters. The standard InChI is InChI=1S/C29H34N4O2.C15H18N4/c1-4-34-26-17-21(16-23-10-13-29(2,3)35-27(23)26)20-33-14-11-25(12-15-33)32-28-30-18-24(19-31-28)22-8-6-5-7-9-22;1-2-4-12(5-3-1)13-10-17-15(18-11-13)19-14-6-8-16-9-7-14/h5-10,13,16-19,25H,4,11-12,14-15,20H2,1-3H3,(H,30,31,32);1-5,10-11,14,16H,6-9H2,(H,17,18,19). The zero-order valence-corrected chi connectivity index (χ0v) is 31.7. The van der Waals surface area contributed by atoms with Gasteiger partial charge in [0, 0.05) is 73.2 Å². The smallest absolute Gasteiger partial charge is 0.222 e. The lowest BCUT2D eigenvalue weighted by atomic mass is 9.99. The Labute approximate surface area is 319 Å². The number of ether oxygens (including phenoxy) is 2. The summed E-state index contributed by atoms with van der Waals surface area (Å²) in [6, 6.07) is 25.7. The second-order valence-corrected chi connectivity index (χ2v) is 14.7. The van der Waals surface area contributed by atoms with E-state index in [-0.39, 0.29) is 5.60 Å². The highest BCUT2D eigenvalue weighted by molar-refractivity contribution is 5.67. The molecule has 3 aliphatic heterocycles. The van der Waals surface area contributed by atoms with Gasteiger partial charge in [-0.3, -0.25) is 4.90 Å². The second kappa shape index (κ2) is 17.7. The van der Waals surface area contributed by atoms with Crippen molar-refractivity contribution in [3.8, 4) is 33.8 Å². The Hall–Kier alpha value is -5.32. The van der Waals surface area contributed by atoms with Crippen LogP contribution in [0.3, 0.4) is 0 Å². The fourth-order valence-corrected chi connectivity index (χ4v) is 7.05. The number of hydrogen-bond acceptors (Lipinski definition) is 10. The second-order valence-electron chi connectivity index (χ2n) is 14.7. The number of aromatic nitrogens is 4. The summed E-state index contributed by atoms with van der Waals surface area (Å²) in [5.41, 5.74) is 6.40. The normalized spacial score (nSPS) is 17.0. The fourth-order valence-electron chi connectivity index (χ4n) is 7.05. The summed E-state index contributed by atoms with van der Waals surface area (Å²) in [5.74, 6) is 3.12. The highest BCUT2D eigenvalue weighted by Crippen LogP contribution is 2.40. The van der Waals surface area contributed by atoms with Gasteiger partial charge in [-0.05, 0) is 94.4 Å². The lowest BCUT2D eigenvalue weighted by molar-refractivity contribution is 0.149. The van der Waals surface area contributed by atoms with Crippen molar-refractivity contribution in [2.75, 3.05) is 43.4 Å². The maximum Gasteiger partial charge on any atom is 0.222 e. The highest BCUT2D eigenvalue weighted by atomic mass is 16.5. The van der Waals surface area contributed by atoms with E-state index in [1.807, 2.05) is 68.1 Å². The van der Waals surface area contributed by atoms with Gasteiger partial charge in [0.15, 0.2) is 11.5 Å². The van der Waals surface area contributed by atoms with Crippen molar-refractivity contribution in [2.45, 2.75) is 70.7 Å². The van der Waals surface area contributed by atoms with Gasteiger partial charge in [-0.15, -0.1) is 0 Å². The summed E-state index contributed by atoms with van der Waals surface area (Å²) < 4.78 is 12.2. The number of likely N-dealkylation sites (tertiary alicyclic amines) is 1. The maximum absolute atomic E-state index is 6.21. The molecule has 0 saturated carbocycles. The molecule has 2 saturated heterocycles. The third-order valence-corrected chi connectivity index (χ3v) is 9.99. The van der Waals surface area contributed by atoms with Gasteiger partial charge in [0.05, 0.1) is 6.61 Å². The van der Waals surface area contributed by atoms with Crippen LogP contribution in [0.5, 0.6) is 11.5 Å². The van der Waals surface area contributed by atoms with Crippen molar-refractivity contribution < 1.29 is 9.47 Å². The topological polar surface area (TPSA) is 109 Å². The maximum atomic E-state index is 6.21. The van der Waals surface area contributed by atoms with Crippen LogP contribution in [-0.4, -0.2) is 75.3 Å². The van der Waals surface area contributed by atoms with Crippen LogP contribution in [-0.2, 0) is 6.54 Å². The largest absolute Gasteiger partial charge is 0.490 e. The first-order valence-electron chi connectivity index (χ1n) is 19.3. The third kappa shape index (κ3) is 10.0. The molecule has 280 valence electrons. The van der Waals surface area contributed by atoms with E-state index in [1.165, 1.54) is 5.56 Å². The van der Waals surface area contributed by atoms with Gasteiger partial charge in [0.25, 0.3) is 0 Å². The molecule has 2 aromatic heterocycles.